The molecule has 2 aliphatic rings. The first-order chi connectivity index (χ1) is 5.73. The maximum Gasteiger partial charge on any atom is 0.509 e. The molecule has 0 unspecified atom stereocenters. The topological polar surface area (TPSA) is 35.5 Å². The predicted octanol–water partition coefficient (Wildman–Crippen LogP) is 2.24. The summed E-state index contributed by atoms with van der Waals surface area (Å²) in [5, 5.41) is 0. The molecule has 2 rings (SSSR count). The molecule has 68 valence electrons. The lowest BCUT2D eigenvalue weighted by Crippen LogP contribution is -2.39. The van der Waals surface area contributed by atoms with Gasteiger partial charge < -0.3 is 9.47 Å². The second kappa shape index (κ2) is 2.64. The van der Waals surface area contributed by atoms with Crippen molar-refractivity contribution in [3.63, 3.8) is 0 Å². The Labute approximate surface area is 72.0 Å². The Bertz CT molecular complexity index is 194. The maximum atomic E-state index is 10.9. The zero-order valence-corrected chi connectivity index (χ0v) is 7.34. The van der Waals surface area contributed by atoms with Gasteiger partial charge in [0, 0.05) is 0 Å². The normalized spacial score (nSPS) is 33.1. The van der Waals surface area contributed by atoms with E-state index in [0.717, 1.165) is 25.7 Å². The van der Waals surface area contributed by atoms with Crippen molar-refractivity contribution in [1.29, 1.82) is 0 Å². The van der Waals surface area contributed by atoms with Crippen LogP contribution in [0.15, 0.2) is 0 Å². The molecule has 1 atom stereocenters. The van der Waals surface area contributed by atoms with Crippen LogP contribution in [0.3, 0.4) is 0 Å². The monoisotopic (exact) mass is 170 g/mol. The highest BCUT2D eigenvalue weighted by Gasteiger charge is 2.48. The standard InChI is InChI=1S/C9H14O3/c1-7-9(12-8(10)11-7)5-3-2-4-6-9/h7H,2-6H2,1H3/t7-/m0/s1. The fourth-order valence-corrected chi connectivity index (χ4v) is 2.18. The number of hydrogen-bond acceptors (Lipinski definition) is 3. The average molecular weight is 170 g/mol. The van der Waals surface area contributed by atoms with Crippen molar-refractivity contribution in [1.82, 2.24) is 0 Å². The van der Waals surface area contributed by atoms with Crippen molar-refractivity contribution in [2.24, 2.45) is 0 Å². The molecule has 3 nitrogen and oxygen atoms in total. The van der Waals surface area contributed by atoms with E-state index in [4.69, 9.17) is 9.47 Å². The molecule has 0 bridgehead atoms. The lowest BCUT2D eigenvalue weighted by Gasteiger charge is -2.32. The first-order valence-corrected chi connectivity index (χ1v) is 4.63. The number of carbonyl (C=O) groups is 1. The van der Waals surface area contributed by atoms with Crippen molar-refractivity contribution in [3.8, 4) is 0 Å². The summed E-state index contributed by atoms with van der Waals surface area (Å²) in [5.41, 5.74) is -0.269. The van der Waals surface area contributed by atoms with E-state index in [1.54, 1.807) is 0 Å². The van der Waals surface area contributed by atoms with Crippen molar-refractivity contribution in [2.75, 3.05) is 0 Å². The van der Waals surface area contributed by atoms with Crippen LogP contribution in [-0.2, 0) is 9.47 Å². The number of rotatable bonds is 0. The van der Waals surface area contributed by atoms with E-state index in [-0.39, 0.29) is 11.7 Å². The van der Waals surface area contributed by atoms with Gasteiger partial charge in [-0.15, -0.1) is 0 Å². The second-order valence-electron chi connectivity index (χ2n) is 3.74. The fraction of sp³-hybridized carbons (Fsp3) is 0.889. The fourth-order valence-electron chi connectivity index (χ4n) is 2.18. The van der Waals surface area contributed by atoms with Crippen LogP contribution in [0.5, 0.6) is 0 Å². The van der Waals surface area contributed by atoms with Crippen LogP contribution in [0.4, 0.5) is 4.79 Å². The van der Waals surface area contributed by atoms with Gasteiger partial charge in [0.15, 0.2) is 5.60 Å². The first-order valence-electron chi connectivity index (χ1n) is 4.63. The molecule has 3 heteroatoms. The third kappa shape index (κ3) is 1.08. The molecule has 1 aliphatic carbocycles. The third-order valence-corrected chi connectivity index (χ3v) is 3.00. The Morgan fingerprint density at radius 3 is 2.50 bits per heavy atom. The van der Waals surface area contributed by atoms with Crippen LogP contribution >= 0.6 is 0 Å². The van der Waals surface area contributed by atoms with Crippen molar-refractivity contribution < 1.29 is 14.3 Å². The largest absolute Gasteiger partial charge is 0.509 e. The van der Waals surface area contributed by atoms with E-state index in [1.807, 2.05) is 6.92 Å². The van der Waals surface area contributed by atoms with E-state index in [0.29, 0.717) is 0 Å². The van der Waals surface area contributed by atoms with Gasteiger partial charge in [0.05, 0.1) is 0 Å². The van der Waals surface area contributed by atoms with Crippen LogP contribution in [0.25, 0.3) is 0 Å². The molecule has 0 aromatic heterocycles. The lowest BCUT2D eigenvalue weighted by molar-refractivity contribution is 0.00128. The molecule has 1 saturated carbocycles. The maximum absolute atomic E-state index is 10.9. The van der Waals surface area contributed by atoms with Gasteiger partial charge >= 0.3 is 6.16 Å². The van der Waals surface area contributed by atoms with E-state index in [1.165, 1.54) is 6.42 Å². The number of cyclic esters (lactones) is 1. The van der Waals surface area contributed by atoms with Gasteiger partial charge in [-0.1, -0.05) is 6.42 Å². The van der Waals surface area contributed by atoms with E-state index in [2.05, 4.69) is 0 Å². The van der Waals surface area contributed by atoms with E-state index in [9.17, 15) is 4.79 Å². The highest BCUT2D eigenvalue weighted by Crippen LogP contribution is 2.39. The zero-order chi connectivity index (χ0) is 8.60. The molecule has 1 saturated heterocycles. The van der Waals surface area contributed by atoms with Crippen LogP contribution < -0.4 is 0 Å². The average Bonchev–Trinajstić information content (AvgIpc) is 2.29. The molecular weight excluding hydrogens is 156 g/mol. The highest BCUT2D eigenvalue weighted by molar-refractivity contribution is 5.63. The van der Waals surface area contributed by atoms with E-state index >= 15 is 0 Å². The Kier molecular flexibility index (Phi) is 1.74. The lowest BCUT2D eigenvalue weighted by atomic mass is 9.81. The Morgan fingerprint density at radius 1 is 1.33 bits per heavy atom. The minimum atomic E-state index is -0.482. The zero-order valence-electron chi connectivity index (χ0n) is 7.34. The van der Waals surface area contributed by atoms with Gasteiger partial charge in [-0.05, 0) is 32.6 Å². The minimum absolute atomic E-state index is 0.0506. The third-order valence-electron chi connectivity index (χ3n) is 3.00. The molecule has 0 aromatic carbocycles. The molecule has 2 fully saturated rings. The second-order valence-corrected chi connectivity index (χ2v) is 3.74. The van der Waals surface area contributed by atoms with Gasteiger partial charge in [0.1, 0.15) is 6.10 Å². The summed E-state index contributed by atoms with van der Waals surface area (Å²) < 4.78 is 10.2. The molecule has 12 heavy (non-hydrogen) atoms. The Hall–Kier alpha value is -0.730. The van der Waals surface area contributed by atoms with Gasteiger partial charge in [-0.2, -0.15) is 0 Å². The van der Waals surface area contributed by atoms with Crippen molar-refractivity contribution >= 4 is 6.16 Å². The smallest absolute Gasteiger partial charge is 0.427 e. The SMILES string of the molecule is C[C@@H]1OC(=O)OC12CCCCC2. The summed E-state index contributed by atoms with van der Waals surface area (Å²) >= 11 is 0. The summed E-state index contributed by atoms with van der Waals surface area (Å²) in [6.07, 6.45) is 4.98. The van der Waals surface area contributed by atoms with Gasteiger partial charge in [-0.3, -0.25) is 0 Å². The number of carbonyl (C=O) groups excluding carboxylic acids is 1. The summed E-state index contributed by atoms with van der Waals surface area (Å²) in [7, 11) is 0. The van der Waals surface area contributed by atoms with E-state index < -0.39 is 6.16 Å². The molecule has 1 heterocycles. The number of ether oxygens (including phenoxy) is 2. The summed E-state index contributed by atoms with van der Waals surface area (Å²) in [4.78, 5) is 10.9. The van der Waals surface area contributed by atoms with Crippen LogP contribution in [-0.4, -0.2) is 17.9 Å². The predicted molar refractivity (Wildman–Crippen MR) is 42.8 cm³/mol. The molecule has 0 aromatic rings. The molecule has 1 spiro atoms. The molecule has 0 amide bonds. The van der Waals surface area contributed by atoms with Crippen LogP contribution in [0.1, 0.15) is 39.0 Å². The molecule has 0 radical (unpaired) electrons. The first kappa shape index (κ1) is 7.90. The molecule has 1 aliphatic heterocycles. The molecular formula is C9H14O3. The summed E-state index contributed by atoms with van der Waals surface area (Å²) in [6.45, 7) is 1.93. The van der Waals surface area contributed by atoms with Crippen molar-refractivity contribution in [2.45, 2.75) is 50.7 Å². The quantitative estimate of drug-likeness (QED) is 0.523. The van der Waals surface area contributed by atoms with Gasteiger partial charge in [0.2, 0.25) is 0 Å². The summed E-state index contributed by atoms with van der Waals surface area (Å²) in [5.74, 6) is 0. The van der Waals surface area contributed by atoms with Crippen molar-refractivity contribution in [3.05, 3.63) is 0 Å². The van der Waals surface area contributed by atoms with Crippen LogP contribution in [0, 0.1) is 0 Å². The van der Waals surface area contributed by atoms with Gasteiger partial charge in [-0.25, -0.2) is 4.79 Å². The van der Waals surface area contributed by atoms with Crippen LogP contribution in [0.2, 0.25) is 0 Å². The highest BCUT2D eigenvalue weighted by atomic mass is 16.8. The Morgan fingerprint density at radius 2 is 2.00 bits per heavy atom. The molecule has 0 N–H and O–H groups in total. The van der Waals surface area contributed by atoms with Gasteiger partial charge in [0.25, 0.3) is 0 Å². The summed E-state index contributed by atoms with van der Waals surface area (Å²) in [6, 6.07) is 0. The number of hydrogen-bond donors (Lipinski definition) is 0. The Balaban J connectivity index is 2.13. The minimum Gasteiger partial charge on any atom is -0.427 e.